The molecule has 0 heterocycles. The molecule has 3 N–H and O–H groups in total. The Morgan fingerprint density at radius 2 is 1.81 bits per heavy atom. The van der Waals surface area contributed by atoms with Crippen LogP contribution in [0.2, 0.25) is 10.0 Å². The predicted molar refractivity (Wildman–Crippen MR) is 124 cm³/mol. The summed E-state index contributed by atoms with van der Waals surface area (Å²) in [6, 6.07) is 16.6. The first-order chi connectivity index (χ1) is 15.4. The van der Waals surface area contributed by atoms with Crippen LogP contribution < -0.4 is 20.6 Å². The number of primary amides is 1. The van der Waals surface area contributed by atoms with Crippen LogP contribution in [0.4, 0.5) is 0 Å². The zero-order valence-corrected chi connectivity index (χ0v) is 18.5. The third-order valence-corrected chi connectivity index (χ3v) is 5.14. The second-order valence-electron chi connectivity index (χ2n) is 6.55. The fourth-order valence-electron chi connectivity index (χ4n) is 2.81. The summed E-state index contributed by atoms with van der Waals surface area (Å²) in [5.41, 5.74) is 9.85. The Balaban J connectivity index is 1.71. The fraction of sp³-hybridized carbons (Fsp3) is 0.0870. The number of nitrogens with zero attached hydrogens (tertiary/aromatic N) is 1. The zero-order chi connectivity index (χ0) is 23.1. The Morgan fingerprint density at radius 3 is 2.53 bits per heavy atom. The number of carbonyl (C=O) groups excluding carboxylic acids is 2. The minimum absolute atomic E-state index is 0.130. The van der Waals surface area contributed by atoms with Gasteiger partial charge in [0.2, 0.25) is 0 Å². The van der Waals surface area contributed by atoms with Gasteiger partial charge >= 0.3 is 0 Å². The predicted octanol–water partition coefficient (Wildman–Crippen LogP) is 4.44. The molecule has 164 valence electrons. The number of hydrazone groups is 1. The number of methoxy groups -OCH3 is 1. The van der Waals surface area contributed by atoms with Gasteiger partial charge in [-0.2, -0.15) is 5.10 Å². The van der Waals surface area contributed by atoms with Crippen molar-refractivity contribution in [3.8, 4) is 11.5 Å². The van der Waals surface area contributed by atoms with Crippen LogP contribution >= 0.6 is 23.2 Å². The molecule has 0 saturated heterocycles. The summed E-state index contributed by atoms with van der Waals surface area (Å²) in [4.78, 5) is 23.8. The molecule has 9 heteroatoms. The second-order valence-corrected chi connectivity index (χ2v) is 7.36. The van der Waals surface area contributed by atoms with Gasteiger partial charge in [0.05, 0.1) is 28.9 Å². The number of nitrogens with one attached hydrogen (secondary N) is 1. The van der Waals surface area contributed by atoms with Crippen LogP contribution in [-0.4, -0.2) is 25.1 Å². The van der Waals surface area contributed by atoms with Crippen molar-refractivity contribution >= 4 is 41.2 Å². The van der Waals surface area contributed by atoms with E-state index in [0.717, 1.165) is 0 Å². The lowest BCUT2D eigenvalue weighted by atomic mass is 10.1. The van der Waals surface area contributed by atoms with Gasteiger partial charge in [0.25, 0.3) is 11.8 Å². The lowest BCUT2D eigenvalue weighted by Crippen LogP contribution is -2.17. The number of amides is 2. The molecule has 3 aromatic rings. The van der Waals surface area contributed by atoms with Crippen molar-refractivity contribution in [3.05, 3.63) is 93.0 Å². The molecular formula is C23H19Cl2N3O4. The summed E-state index contributed by atoms with van der Waals surface area (Å²) >= 11 is 11.8. The monoisotopic (exact) mass is 471 g/mol. The van der Waals surface area contributed by atoms with E-state index in [0.29, 0.717) is 33.2 Å². The Labute approximate surface area is 194 Å². The topological polar surface area (TPSA) is 103 Å². The molecule has 0 bridgehead atoms. The van der Waals surface area contributed by atoms with E-state index in [1.807, 2.05) is 0 Å². The van der Waals surface area contributed by atoms with Crippen molar-refractivity contribution in [1.82, 2.24) is 5.43 Å². The molecule has 0 aliphatic heterocycles. The summed E-state index contributed by atoms with van der Waals surface area (Å²) in [7, 11) is 1.54. The second kappa shape index (κ2) is 10.7. The van der Waals surface area contributed by atoms with Crippen LogP contribution in [0.3, 0.4) is 0 Å². The van der Waals surface area contributed by atoms with E-state index in [2.05, 4.69) is 10.5 Å². The minimum Gasteiger partial charge on any atom is -0.496 e. The first kappa shape index (κ1) is 23.1. The molecule has 0 spiro atoms. The molecule has 2 amide bonds. The molecule has 3 aromatic carbocycles. The van der Waals surface area contributed by atoms with Gasteiger partial charge in [-0.25, -0.2) is 5.43 Å². The molecule has 0 atom stereocenters. The van der Waals surface area contributed by atoms with Crippen LogP contribution in [0.1, 0.15) is 31.8 Å². The zero-order valence-electron chi connectivity index (χ0n) is 17.0. The highest BCUT2D eigenvalue weighted by molar-refractivity contribution is 6.42. The largest absolute Gasteiger partial charge is 0.496 e. The number of halogens is 2. The number of rotatable bonds is 8. The van der Waals surface area contributed by atoms with Crippen LogP contribution in [0.5, 0.6) is 11.5 Å². The number of hydrogen-bond donors (Lipinski definition) is 2. The maximum Gasteiger partial charge on any atom is 0.271 e. The van der Waals surface area contributed by atoms with Crippen LogP contribution in [0, 0.1) is 0 Å². The van der Waals surface area contributed by atoms with E-state index in [4.69, 9.17) is 38.4 Å². The highest BCUT2D eigenvalue weighted by Gasteiger charge is 2.11. The number of ether oxygens (including phenoxy) is 2. The van der Waals surface area contributed by atoms with E-state index >= 15 is 0 Å². The van der Waals surface area contributed by atoms with Crippen molar-refractivity contribution in [2.75, 3.05) is 7.11 Å². The number of hydrogen-bond acceptors (Lipinski definition) is 5. The van der Waals surface area contributed by atoms with Gasteiger partial charge < -0.3 is 15.2 Å². The third kappa shape index (κ3) is 5.78. The normalized spacial score (nSPS) is 10.7. The summed E-state index contributed by atoms with van der Waals surface area (Å²) in [5, 5.41) is 4.62. The van der Waals surface area contributed by atoms with Crippen molar-refractivity contribution < 1.29 is 19.1 Å². The Morgan fingerprint density at radius 1 is 1.03 bits per heavy atom. The number of carbonyl (C=O) groups is 2. The van der Waals surface area contributed by atoms with Crippen LogP contribution in [0.25, 0.3) is 0 Å². The molecule has 7 nitrogen and oxygen atoms in total. The molecule has 0 aliphatic carbocycles. The van der Waals surface area contributed by atoms with Gasteiger partial charge in [0.1, 0.15) is 18.1 Å². The average Bonchev–Trinajstić information content (AvgIpc) is 2.79. The van der Waals surface area contributed by atoms with E-state index in [-0.39, 0.29) is 17.2 Å². The first-order valence-corrected chi connectivity index (χ1v) is 10.1. The van der Waals surface area contributed by atoms with E-state index in [1.54, 1.807) is 55.6 Å². The quantitative estimate of drug-likeness (QED) is 0.374. The molecule has 3 rings (SSSR count). The molecule has 0 radical (unpaired) electrons. The number of para-hydroxylation sites is 1. The van der Waals surface area contributed by atoms with Gasteiger partial charge in [-0.1, -0.05) is 35.3 Å². The lowest BCUT2D eigenvalue weighted by Gasteiger charge is -2.12. The molecule has 0 aliphatic rings. The van der Waals surface area contributed by atoms with Crippen molar-refractivity contribution in [3.63, 3.8) is 0 Å². The fourth-order valence-corrected chi connectivity index (χ4v) is 3.11. The third-order valence-electron chi connectivity index (χ3n) is 4.40. The summed E-state index contributed by atoms with van der Waals surface area (Å²) in [6.07, 6.45) is 1.48. The standard InChI is InChI=1S/C23H19Cl2N3O4/c1-31-20-9-6-14(12-27-28-23(30)15-7-8-18(24)19(25)11-15)10-16(20)13-32-21-5-3-2-4-17(21)22(26)29/h2-12H,13H2,1H3,(H2,26,29)(H,28,30)/b27-12-. The van der Waals surface area contributed by atoms with Crippen molar-refractivity contribution in [2.45, 2.75) is 6.61 Å². The molecular weight excluding hydrogens is 453 g/mol. The lowest BCUT2D eigenvalue weighted by molar-refractivity contribution is 0.0953. The smallest absolute Gasteiger partial charge is 0.271 e. The molecule has 32 heavy (non-hydrogen) atoms. The van der Waals surface area contributed by atoms with Crippen LogP contribution in [0.15, 0.2) is 65.8 Å². The van der Waals surface area contributed by atoms with Gasteiger partial charge in [0, 0.05) is 11.1 Å². The summed E-state index contributed by atoms with van der Waals surface area (Å²) in [6.45, 7) is 0.130. The maximum absolute atomic E-state index is 12.2. The minimum atomic E-state index is -0.578. The molecule has 0 aromatic heterocycles. The van der Waals surface area contributed by atoms with E-state index in [9.17, 15) is 9.59 Å². The van der Waals surface area contributed by atoms with Gasteiger partial charge in [-0.3, -0.25) is 9.59 Å². The molecule has 0 saturated carbocycles. The Kier molecular flexibility index (Phi) is 7.70. The van der Waals surface area contributed by atoms with E-state index in [1.165, 1.54) is 18.3 Å². The highest BCUT2D eigenvalue weighted by Crippen LogP contribution is 2.24. The van der Waals surface area contributed by atoms with Gasteiger partial charge in [-0.15, -0.1) is 0 Å². The Bertz CT molecular complexity index is 1180. The van der Waals surface area contributed by atoms with E-state index < -0.39 is 11.8 Å². The van der Waals surface area contributed by atoms with Gasteiger partial charge in [0.15, 0.2) is 0 Å². The SMILES string of the molecule is COc1ccc(/C=N\NC(=O)c2ccc(Cl)c(Cl)c2)cc1COc1ccccc1C(N)=O. The van der Waals surface area contributed by atoms with Gasteiger partial charge in [-0.05, 0) is 54.1 Å². The summed E-state index contributed by atoms with van der Waals surface area (Å²) in [5.74, 6) is -0.0420. The van der Waals surface area contributed by atoms with Crippen molar-refractivity contribution in [1.29, 1.82) is 0 Å². The van der Waals surface area contributed by atoms with Crippen LogP contribution in [-0.2, 0) is 6.61 Å². The highest BCUT2D eigenvalue weighted by atomic mass is 35.5. The molecule has 0 unspecified atom stereocenters. The number of benzene rings is 3. The number of nitrogens with two attached hydrogens (primary N) is 1. The summed E-state index contributed by atoms with van der Waals surface area (Å²) < 4.78 is 11.2. The maximum atomic E-state index is 12.2. The first-order valence-electron chi connectivity index (χ1n) is 9.36. The average molecular weight is 472 g/mol. The molecule has 0 fully saturated rings. The Hall–Kier alpha value is -3.55. The van der Waals surface area contributed by atoms with Crippen molar-refractivity contribution in [2.24, 2.45) is 10.8 Å².